The quantitative estimate of drug-likeness (QED) is 0.568. The van der Waals surface area contributed by atoms with Gasteiger partial charge in [-0.15, -0.1) is 5.10 Å². The van der Waals surface area contributed by atoms with E-state index in [9.17, 15) is 4.79 Å². The van der Waals surface area contributed by atoms with Gasteiger partial charge < -0.3 is 16.4 Å². The molecule has 0 atom stereocenters. The number of primary amides is 1. The topological polar surface area (TPSA) is 137 Å². The van der Waals surface area contributed by atoms with Gasteiger partial charge in [0.1, 0.15) is 22.8 Å². The summed E-state index contributed by atoms with van der Waals surface area (Å²) in [6, 6.07) is 1.74. The van der Waals surface area contributed by atoms with Crippen molar-refractivity contribution < 1.29 is 4.79 Å². The zero-order chi connectivity index (χ0) is 16.1. The predicted octanol–water partition coefficient (Wildman–Crippen LogP) is 0.479. The lowest BCUT2D eigenvalue weighted by Gasteiger charge is -2.07. The van der Waals surface area contributed by atoms with Crippen molar-refractivity contribution in [3.63, 3.8) is 0 Å². The van der Waals surface area contributed by atoms with Gasteiger partial charge >= 0.3 is 0 Å². The zero-order valence-corrected chi connectivity index (χ0v) is 12.7. The molecule has 1 amide bonds. The third kappa shape index (κ3) is 3.97. The third-order valence-electron chi connectivity index (χ3n) is 2.77. The highest BCUT2D eigenvalue weighted by molar-refractivity contribution is 7.17. The number of hydrogen-bond donors (Lipinski definition) is 3. The lowest BCUT2D eigenvalue weighted by atomic mass is 10.5. The fraction of sp³-hybridized carbons (Fsp3) is 0.167. The van der Waals surface area contributed by atoms with Crippen LogP contribution < -0.4 is 16.4 Å². The number of nitrogens with zero attached hydrogens (tertiary/aromatic N) is 6. The minimum absolute atomic E-state index is 0.382. The molecule has 0 fully saturated rings. The zero-order valence-electron chi connectivity index (χ0n) is 11.9. The minimum Gasteiger partial charge on any atom is -0.368 e. The lowest BCUT2D eigenvalue weighted by Crippen LogP contribution is -2.12. The smallest absolute Gasteiger partial charge is 0.260 e. The van der Waals surface area contributed by atoms with E-state index in [-0.39, 0.29) is 0 Å². The van der Waals surface area contributed by atoms with E-state index in [1.54, 1.807) is 23.1 Å². The number of hydrogen-bond acceptors (Lipinski definition) is 9. The van der Waals surface area contributed by atoms with Gasteiger partial charge in [-0.3, -0.25) is 9.48 Å². The maximum atomic E-state index is 11.1. The lowest BCUT2D eigenvalue weighted by molar-refractivity contribution is 0.100. The molecule has 4 N–H and O–H groups in total. The number of thiazole rings is 1. The van der Waals surface area contributed by atoms with Crippen LogP contribution in [0.5, 0.6) is 0 Å². The van der Waals surface area contributed by atoms with Crippen LogP contribution in [-0.4, -0.2) is 42.4 Å². The first-order valence-corrected chi connectivity index (χ1v) is 7.45. The first kappa shape index (κ1) is 14.8. The highest BCUT2D eigenvalue weighted by atomic mass is 32.1. The molecule has 0 aliphatic heterocycles. The molecule has 0 radical (unpaired) electrons. The highest BCUT2D eigenvalue weighted by Crippen LogP contribution is 2.21. The van der Waals surface area contributed by atoms with Gasteiger partial charge in [0.05, 0.1) is 18.9 Å². The van der Waals surface area contributed by atoms with Crippen molar-refractivity contribution >= 4 is 34.0 Å². The SMILES string of the molecule is NC(=O)c1cnc(Nc2cc(NCCn3ccnn3)ncn2)s1. The molecule has 0 saturated heterocycles. The van der Waals surface area contributed by atoms with Gasteiger partial charge in [-0.1, -0.05) is 16.6 Å². The van der Waals surface area contributed by atoms with E-state index in [1.807, 2.05) is 0 Å². The van der Waals surface area contributed by atoms with Crippen LogP contribution in [0.15, 0.2) is 31.0 Å². The van der Waals surface area contributed by atoms with Crippen molar-refractivity contribution in [2.45, 2.75) is 6.54 Å². The Kier molecular flexibility index (Phi) is 4.38. The molecule has 0 aliphatic rings. The summed E-state index contributed by atoms with van der Waals surface area (Å²) in [4.78, 5) is 23.7. The minimum atomic E-state index is -0.506. The first-order chi connectivity index (χ1) is 11.2. The van der Waals surface area contributed by atoms with Gasteiger partial charge in [-0.2, -0.15) is 0 Å². The second-order valence-corrected chi connectivity index (χ2v) is 5.43. The fourth-order valence-electron chi connectivity index (χ4n) is 1.73. The molecule has 0 spiro atoms. The summed E-state index contributed by atoms with van der Waals surface area (Å²) in [6.45, 7) is 1.31. The Balaban J connectivity index is 1.59. The second-order valence-electron chi connectivity index (χ2n) is 4.40. The van der Waals surface area contributed by atoms with Crippen LogP contribution in [0.25, 0.3) is 0 Å². The summed E-state index contributed by atoms with van der Waals surface area (Å²) in [5, 5.41) is 14.3. The van der Waals surface area contributed by atoms with Crippen molar-refractivity contribution in [2.75, 3.05) is 17.2 Å². The van der Waals surface area contributed by atoms with Crippen LogP contribution in [0.1, 0.15) is 9.67 Å². The van der Waals surface area contributed by atoms with E-state index in [2.05, 4.69) is 35.9 Å². The van der Waals surface area contributed by atoms with E-state index in [4.69, 9.17) is 5.73 Å². The molecule has 118 valence electrons. The summed E-state index contributed by atoms with van der Waals surface area (Å²) in [5.41, 5.74) is 5.20. The molecule has 0 saturated carbocycles. The first-order valence-electron chi connectivity index (χ1n) is 6.63. The molecule has 3 rings (SSSR count). The van der Waals surface area contributed by atoms with Crippen molar-refractivity contribution in [2.24, 2.45) is 5.73 Å². The Morgan fingerprint density at radius 1 is 1.30 bits per heavy atom. The highest BCUT2D eigenvalue weighted by Gasteiger charge is 2.07. The summed E-state index contributed by atoms with van der Waals surface area (Å²) in [7, 11) is 0. The Morgan fingerprint density at radius 3 is 2.91 bits per heavy atom. The molecule has 3 heterocycles. The van der Waals surface area contributed by atoms with Gasteiger partial charge in [0, 0.05) is 18.8 Å². The van der Waals surface area contributed by atoms with Crippen LogP contribution in [0.3, 0.4) is 0 Å². The van der Waals surface area contributed by atoms with Crippen molar-refractivity contribution in [1.29, 1.82) is 0 Å². The molecular formula is C12H13N9OS. The van der Waals surface area contributed by atoms with Crippen LogP contribution in [-0.2, 0) is 6.54 Å². The van der Waals surface area contributed by atoms with Crippen LogP contribution >= 0.6 is 11.3 Å². The molecule has 0 aliphatic carbocycles. The van der Waals surface area contributed by atoms with Crippen LogP contribution in [0.2, 0.25) is 0 Å². The van der Waals surface area contributed by atoms with E-state index in [0.717, 1.165) is 11.3 Å². The number of aromatic nitrogens is 6. The Morgan fingerprint density at radius 2 is 2.17 bits per heavy atom. The average Bonchev–Trinajstić information content (AvgIpc) is 3.19. The number of nitrogens with one attached hydrogen (secondary N) is 2. The molecule has 23 heavy (non-hydrogen) atoms. The van der Waals surface area contributed by atoms with Gasteiger partial charge in [-0.25, -0.2) is 15.0 Å². The molecule has 0 aromatic carbocycles. The summed E-state index contributed by atoms with van der Waals surface area (Å²) in [6.07, 6.45) is 6.27. The Bertz CT molecular complexity index is 785. The van der Waals surface area contributed by atoms with Gasteiger partial charge in [0.2, 0.25) is 0 Å². The number of anilines is 3. The average molecular weight is 331 g/mol. The van der Waals surface area contributed by atoms with Crippen molar-refractivity contribution in [3.05, 3.63) is 35.9 Å². The Labute approximate surface area is 134 Å². The standard InChI is InChI=1S/C12H13N9OS/c13-11(22)8-6-15-12(23-8)19-10-5-9(16-7-17-10)14-1-3-21-4-2-18-20-21/h2,4-7H,1,3H2,(H2,13,22)(H2,14,15,16,17,19). The van der Waals surface area contributed by atoms with E-state index >= 15 is 0 Å². The van der Waals surface area contributed by atoms with Gasteiger partial charge in [0.25, 0.3) is 5.91 Å². The maximum absolute atomic E-state index is 11.1. The van der Waals surface area contributed by atoms with E-state index in [0.29, 0.717) is 34.7 Å². The van der Waals surface area contributed by atoms with Crippen LogP contribution in [0.4, 0.5) is 16.8 Å². The molecular weight excluding hydrogens is 318 g/mol. The number of carbonyl (C=O) groups is 1. The van der Waals surface area contributed by atoms with Crippen LogP contribution in [0, 0.1) is 0 Å². The Hall–Kier alpha value is -3.08. The maximum Gasteiger partial charge on any atom is 0.260 e. The molecule has 3 aromatic heterocycles. The summed E-state index contributed by atoms with van der Waals surface area (Å²) >= 11 is 1.16. The number of carbonyl (C=O) groups excluding carboxylic acids is 1. The molecule has 3 aromatic rings. The number of nitrogens with two attached hydrogens (primary N) is 1. The largest absolute Gasteiger partial charge is 0.368 e. The van der Waals surface area contributed by atoms with E-state index in [1.165, 1.54) is 12.5 Å². The van der Waals surface area contributed by atoms with Crippen molar-refractivity contribution in [1.82, 2.24) is 29.9 Å². The fourth-order valence-corrected chi connectivity index (χ4v) is 2.40. The van der Waals surface area contributed by atoms with Crippen molar-refractivity contribution in [3.8, 4) is 0 Å². The number of amides is 1. The van der Waals surface area contributed by atoms with E-state index < -0.39 is 5.91 Å². The predicted molar refractivity (Wildman–Crippen MR) is 84.5 cm³/mol. The van der Waals surface area contributed by atoms with Gasteiger partial charge in [0.15, 0.2) is 5.13 Å². The summed E-state index contributed by atoms with van der Waals surface area (Å²) < 4.78 is 1.72. The molecule has 0 bridgehead atoms. The number of rotatable bonds is 7. The normalized spacial score (nSPS) is 10.4. The third-order valence-corrected chi connectivity index (χ3v) is 3.70. The molecule has 0 unspecified atom stereocenters. The molecule has 10 nitrogen and oxygen atoms in total. The van der Waals surface area contributed by atoms with Gasteiger partial charge in [-0.05, 0) is 0 Å². The molecule has 11 heteroatoms. The monoisotopic (exact) mass is 331 g/mol. The second kappa shape index (κ2) is 6.79. The summed E-state index contributed by atoms with van der Waals surface area (Å²) in [5.74, 6) is 0.719.